The van der Waals surface area contributed by atoms with Crippen LogP contribution in [-0.2, 0) is 9.59 Å². The summed E-state index contributed by atoms with van der Waals surface area (Å²) in [4.78, 5) is 36.3. The summed E-state index contributed by atoms with van der Waals surface area (Å²) in [6, 6.07) is -0.602. The zero-order chi connectivity index (χ0) is 11.8. The molecule has 1 saturated heterocycles. The van der Waals surface area contributed by atoms with Gasteiger partial charge in [-0.3, -0.25) is 19.8 Å². The number of carbonyl (C=O) groups is 3. The summed E-state index contributed by atoms with van der Waals surface area (Å²) in [7, 11) is 0. The first-order valence-corrected chi connectivity index (χ1v) is 5.40. The van der Waals surface area contributed by atoms with E-state index in [1.807, 2.05) is 0 Å². The highest BCUT2D eigenvalue weighted by Gasteiger charge is 2.56. The lowest BCUT2D eigenvalue weighted by Gasteiger charge is -2.44. The van der Waals surface area contributed by atoms with Crippen molar-refractivity contribution in [3.05, 3.63) is 12.7 Å². The smallest absolute Gasteiger partial charge is 0.277 e. The quantitative estimate of drug-likeness (QED) is 0.567. The van der Waals surface area contributed by atoms with E-state index in [0.717, 1.165) is 11.3 Å². The van der Waals surface area contributed by atoms with Crippen LogP contribution >= 0.6 is 0 Å². The third-order valence-corrected chi connectivity index (χ3v) is 3.32. The van der Waals surface area contributed by atoms with Crippen LogP contribution in [0.15, 0.2) is 12.7 Å². The van der Waals surface area contributed by atoms with Gasteiger partial charge in [0.15, 0.2) is 0 Å². The Bertz CT molecular complexity index is 371. The van der Waals surface area contributed by atoms with Crippen LogP contribution in [0.5, 0.6) is 0 Å². The second-order valence-corrected chi connectivity index (χ2v) is 4.23. The third kappa shape index (κ3) is 1.35. The number of nitrogens with zero attached hydrogens (tertiary/aromatic N) is 1. The van der Waals surface area contributed by atoms with Gasteiger partial charge in [0.2, 0.25) is 11.8 Å². The van der Waals surface area contributed by atoms with Crippen molar-refractivity contribution in [2.45, 2.75) is 25.7 Å². The van der Waals surface area contributed by atoms with Gasteiger partial charge in [0.25, 0.3) is 0 Å². The SMILES string of the molecule is C=CCCN1C(=O)NC(=O)C2(CCC2)C1=O. The Morgan fingerprint density at radius 1 is 1.38 bits per heavy atom. The predicted octanol–water partition coefficient (Wildman–Crippen LogP) is 0.811. The van der Waals surface area contributed by atoms with Gasteiger partial charge in [-0.15, -0.1) is 6.58 Å². The Labute approximate surface area is 93.5 Å². The highest BCUT2D eigenvalue weighted by molar-refractivity contribution is 6.19. The Balaban J connectivity index is 2.19. The number of hydrogen-bond acceptors (Lipinski definition) is 3. The van der Waals surface area contributed by atoms with E-state index in [-0.39, 0.29) is 5.91 Å². The van der Waals surface area contributed by atoms with E-state index in [1.54, 1.807) is 6.08 Å². The number of barbiturate groups is 1. The largest absolute Gasteiger partial charge is 0.330 e. The summed E-state index contributed by atoms with van der Waals surface area (Å²) in [6.45, 7) is 3.84. The highest BCUT2D eigenvalue weighted by Crippen LogP contribution is 2.44. The second kappa shape index (κ2) is 3.73. The maximum Gasteiger partial charge on any atom is 0.330 e. The first kappa shape index (κ1) is 10.9. The molecule has 0 bridgehead atoms. The van der Waals surface area contributed by atoms with Crippen molar-refractivity contribution in [3.63, 3.8) is 0 Å². The molecule has 0 aromatic carbocycles. The molecule has 5 nitrogen and oxygen atoms in total. The Kier molecular flexibility index (Phi) is 2.53. The normalized spacial score (nSPS) is 23.0. The summed E-state index contributed by atoms with van der Waals surface area (Å²) >= 11 is 0. The standard InChI is InChI=1S/C11H14N2O3/c1-2-3-7-13-9(15)11(5-4-6-11)8(14)12-10(13)16/h2H,1,3-7H2,(H,12,14,16). The lowest BCUT2D eigenvalue weighted by atomic mass is 9.66. The molecule has 2 rings (SSSR count). The van der Waals surface area contributed by atoms with E-state index < -0.39 is 17.4 Å². The van der Waals surface area contributed by atoms with Gasteiger partial charge in [-0.2, -0.15) is 0 Å². The molecule has 1 saturated carbocycles. The minimum absolute atomic E-state index is 0.295. The molecule has 4 amide bonds. The first-order chi connectivity index (χ1) is 7.62. The number of rotatable bonds is 3. The van der Waals surface area contributed by atoms with Crippen LogP contribution in [0.3, 0.4) is 0 Å². The maximum atomic E-state index is 12.1. The van der Waals surface area contributed by atoms with Gasteiger partial charge in [-0.05, 0) is 19.3 Å². The van der Waals surface area contributed by atoms with Crippen LogP contribution in [-0.4, -0.2) is 29.3 Å². The fraction of sp³-hybridized carbons (Fsp3) is 0.545. The number of amides is 4. The van der Waals surface area contributed by atoms with E-state index in [0.29, 0.717) is 25.8 Å². The van der Waals surface area contributed by atoms with Gasteiger partial charge in [0.05, 0.1) is 0 Å². The maximum absolute atomic E-state index is 12.1. The minimum Gasteiger partial charge on any atom is -0.277 e. The highest BCUT2D eigenvalue weighted by atomic mass is 16.2. The van der Waals surface area contributed by atoms with Crippen LogP contribution in [0.1, 0.15) is 25.7 Å². The van der Waals surface area contributed by atoms with Crippen LogP contribution in [0.25, 0.3) is 0 Å². The Morgan fingerprint density at radius 2 is 2.06 bits per heavy atom. The Hall–Kier alpha value is -1.65. The van der Waals surface area contributed by atoms with E-state index >= 15 is 0 Å². The number of nitrogens with one attached hydrogen (secondary N) is 1. The molecule has 1 aliphatic heterocycles. The predicted molar refractivity (Wildman–Crippen MR) is 56.3 cm³/mol. The van der Waals surface area contributed by atoms with E-state index in [1.165, 1.54) is 0 Å². The molecule has 1 heterocycles. The molecule has 5 heteroatoms. The van der Waals surface area contributed by atoms with Gasteiger partial charge in [-0.1, -0.05) is 12.5 Å². The lowest BCUT2D eigenvalue weighted by Crippen LogP contribution is -2.66. The fourth-order valence-corrected chi connectivity index (χ4v) is 2.13. The molecule has 0 aromatic rings. The van der Waals surface area contributed by atoms with Crippen molar-refractivity contribution >= 4 is 17.8 Å². The molecular weight excluding hydrogens is 208 g/mol. The van der Waals surface area contributed by atoms with Crippen LogP contribution < -0.4 is 5.32 Å². The molecule has 0 unspecified atom stereocenters. The minimum atomic E-state index is -0.949. The number of carbonyl (C=O) groups excluding carboxylic acids is 3. The number of urea groups is 1. The molecule has 16 heavy (non-hydrogen) atoms. The lowest BCUT2D eigenvalue weighted by molar-refractivity contribution is -0.157. The molecular formula is C11H14N2O3. The molecule has 0 aromatic heterocycles. The average molecular weight is 222 g/mol. The van der Waals surface area contributed by atoms with Gasteiger partial charge in [0.1, 0.15) is 5.41 Å². The molecule has 2 fully saturated rings. The molecule has 0 radical (unpaired) electrons. The van der Waals surface area contributed by atoms with Gasteiger partial charge in [-0.25, -0.2) is 4.79 Å². The van der Waals surface area contributed by atoms with Crippen LogP contribution in [0.2, 0.25) is 0 Å². The molecule has 1 N–H and O–H groups in total. The van der Waals surface area contributed by atoms with Crippen molar-refractivity contribution in [3.8, 4) is 0 Å². The van der Waals surface area contributed by atoms with Gasteiger partial charge >= 0.3 is 6.03 Å². The summed E-state index contributed by atoms with van der Waals surface area (Å²) in [5.41, 5.74) is -0.949. The topological polar surface area (TPSA) is 66.5 Å². The summed E-state index contributed by atoms with van der Waals surface area (Å²) in [6.07, 6.45) is 4.15. The van der Waals surface area contributed by atoms with Gasteiger partial charge < -0.3 is 0 Å². The zero-order valence-corrected chi connectivity index (χ0v) is 8.99. The number of imide groups is 2. The van der Waals surface area contributed by atoms with E-state index in [9.17, 15) is 14.4 Å². The summed E-state index contributed by atoms with van der Waals surface area (Å²) in [5.74, 6) is -0.766. The summed E-state index contributed by atoms with van der Waals surface area (Å²) < 4.78 is 0. The number of hydrogen-bond donors (Lipinski definition) is 1. The fourth-order valence-electron chi connectivity index (χ4n) is 2.13. The van der Waals surface area contributed by atoms with Gasteiger partial charge in [0, 0.05) is 6.54 Å². The average Bonchev–Trinajstić information content (AvgIpc) is 2.15. The first-order valence-electron chi connectivity index (χ1n) is 5.40. The third-order valence-electron chi connectivity index (χ3n) is 3.32. The zero-order valence-electron chi connectivity index (χ0n) is 8.99. The monoisotopic (exact) mass is 222 g/mol. The van der Waals surface area contributed by atoms with Crippen LogP contribution in [0, 0.1) is 5.41 Å². The van der Waals surface area contributed by atoms with E-state index in [2.05, 4.69) is 11.9 Å². The van der Waals surface area contributed by atoms with Crippen LogP contribution in [0.4, 0.5) is 4.79 Å². The van der Waals surface area contributed by atoms with Crippen molar-refractivity contribution < 1.29 is 14.4 Å². The van der Waals surface area contributed by atoms with Crippen molar-refractivity contribution in [1.29, 1.82) is 0 Å². The van der Waals surface area contributed by atoms with E-state index in [4.69, 9.17) is 0 Å². The molecule has 1 aliphatic carbocycles. The van der Waals surface area contributed by atoms with Crippen molar-refractivity contribution in [2.24, 2.45) is 5.41 Å². The van der Waals surface area contributed by atoms with Crippen molar-refractivity contribution in [1.82, 2.24) is 10.2 Å². The molecule has 0 atom stereocenters. The second-order valence-electron chi connectivity index (χ2n) is 4.23. The Morgan fingerprint density at radius 3 is 2.56 bits per heavy atom. The molecule has 2 aliphatic rings. The van der Waals surface area contributed by atoms with Crippen molar-refractivity contribution in [2.75, 3.05) is 6.54 Å². The molecule has 1 spiro atoms. The summed E-state index contributed by atoms with van der Waals surface area (Å²) in [5, 5.41) is 2.25. The molecule has 86 valence electrons.